The second kappa shape index (κ2) is 7.37. The molecule has 6 nitrogen and oxygen atoms in total. The number of rotatable bonds is 4. The summed E-state index contributed by atoms with van der Waals surface area (Å²) in [7, 11) is 1.71. The van der Waals surface area contributed by atoms with E-state index in [1.54, 1.807) is 7.11 Å². The third kappa shape index (κ3) is 3.60. The summed E-state index contributed by atoms with van der Waals surface area (Å²) in [6.07, 6.45) is 1.04. The highest BCUT2D eigenvalue weighted by atomic mass is 16.5. The zero-order chi connectivity index (χ0) is 17.1. The standard InChI is InChI=1S/C19H25N5O/c1-25-14-17-12-18(23-10-7-20-8-11-23)22-19(21-17)24-9-6-15-4-2-3-5-16(15)13-24/h2-5,12,20H,6-11,13-14H2,1H3. The summed E-state index contributed by atoms with van der Waals surface area (Å²) in [4.78, 5) is 14.3. The minimum absolute atomic E-state index is 0.513. The minimum Gasteiger partial charge on any atom is -0.378 e. The molecule has 0 saturated carbocycles. The van der Waals surface area contributed by atoms with E-state index >= 15 is 0 Å². The molecule has 6 heteroatoms. The lowest BCUT2D eigenvalue weighted by molar-refractivity contribution is 0.181. The van der Waals surface area contributed by atoms with E-state index in [9.17, 15) is 0 Å². The molecule has 3 heterocycles. The Morgan fingerprint density at radius 3 is 2.64 bits per heavy atom. The largest absolute Gasteiger partial charge is 0.378 e. The van der Waals surface area contributed by atoms with Crippen LogP contribution in [0.2, 0.25) is 0 Å². The molecule has 1 saturated heterocycles. The van der Waals surface area contributed by atoms with Crippen molar-refractivity contribution in [3.63, 3.8) is 0 Å². The van der Waals surface area contributed by atoms with E-state index in [1.165, 1.54) is 11.1 Å². The monoisotopic (exact) mass is 339 g/mol. The summed E-state index contributed by atoms with van der Waals surface area (Å²) >= 11 is 0. The van der Waals surface area contributed by atoms with E-state index < -0.39 is 0 Å². The van der Waals surface area contributed by atoms with Crippen LogP contribution < -0.4 is 15.1 Å². The van der Waals surface area contributed by atoms with Gasteiger partial charge in [-0.3, -0.25) is 0 Å². The molecule has 132 valence electrons. The minimum atomic E-state index is 0.513. The van der Waals surface area contributed by atoms with Crippen LogP contribution in [0.25, 0.3) is 0 Å². The topological polar surface area (TPSA) is 53.5 Å². The van der Waals surface area contributed by atoms with Gasteiger partial charge in [0.1, 0.15) is 5.82 Å². The van der Waals surface area contributed by atoms with E-state index in [2.05, 4.69) is 45.4 Å². The van der Waals surface area contributed by atoms with Gasteiger partial charge < -0.3 is 19.9 Å². The van der Waals surface area contributed by atoms with Crippen LogP contribution in [0.4, 0.5) is 11.8 Å². The van der Waals surface area contributed by atoms with Gasteiger partial charge in [0.05, 0.1) is 12.3 Å². The van der Waals surface area contributed by atoms with Crippen molar-refractivity contribution in [3.8, 4) is 0 Å². The summed E-state index contributed by atoms with van der Waals surface area (Å²) in [5, 5.41) is 3.39. The van der Waals surface area contributed by atoms with Crippen molar-refractivity contribution in [3.05, 3.63) is 47.2 Å². The van der Waals surface area contributed by atoms with Crippen LogP contribution in [0.5, 0.6) is 0 Å². The second-order valence-electron chi connectivity index (χ2n) is 6.63. The molecule has 1 N–H and O–H groups in total. The fourth-order valence-corrected chi connectivity index (χ4v) is 3.56. The first-order chi connectivity index (χ1) is 12.3. The lowest BCUT2D eigenvalue weighted by Crippen LogP contribution is -2.44. The number of anilines is 2. The number of benzene rings is 1. The van der Waals surface area contributed by atoms with Crippen molar-refractivity contribution in [2.24, 2.45) is 0 Å². The van der Waals surface area contributed by atoms with Gasteiger partial charge in [0.15, 0.2) is 0 Å². The average Bonchev–Trinajstić information content (AvgIpc) is 2.68. The van der Waals surface area contributed by atoms with Crippen LogP contribution >= 0.6 is 0 Å². The molecule has 0 unspecified atom stereocenters. The number of ether oxygens (including phenoxy) is 1. The molecule has 2 aliphatic rings. The molecule has 1 fully saturated rings. The van der Waals surface area contributed by atoms with Crippen LogP contribution in [0.15, 0.2) is 30.3 Å². The average molecular weight is 339 g/mol. The van der Waals surface area contributed by atoms with Gasteiger partial charge in [-0.1, -0.05) is 24.3 Å². The zero-order valence-corrected chi connectivity index (χ0v) is 14.7. The number of hydrogen-bond donors (Lipinski definition) is 1. The lowest BCUT2D eigenvalue weighted by atomic mass is 10.0. The normalized spacial score (nSPS) is 17.5. The molecule has 0 amide bonds. The van der Waals surface area contributed by atoms with E-state index in [-0.39, 0.29) is 0 Å². The number of aromatic nitrogens is 2. The van der Waals surface area contributed by atoms with Crippen molar-refractivity contribution in [2.45, 2.75) is 19.6 Å². The van der Waals surface area contributed by atoms with Crippen molar-refractivity contribution in [2.75, 3.05) is 49.6 Å². The van der Waals surface area contributed by atoms with Crippen LogP contribution in [-0.2, 0) is 24.3 Å². The predicted octanol–water partition coefficient (Wildman–Crippen LogP) is 1.60. The molecule has 1 aromatic carbocycles. The first-order valence-corrected chi connectivity index (χ1v) is 8.98. The fraction of sp³-hybridized carbons (Fsp3) is 0.474. The Balaban J connectivity index is 1.63. The summed E-state index contributed by atoms with van der Waals surface area (Å²) < 4.78 is 5.33. The maximum atomic E-state index is 5.33. The maximum Gasteiger partial charge on any atom is 0.227 e. The van der Waals surface area contributed by atoms with E-state index in [0.29, 0.717) is 6.61 Å². The van der Waals surface area contributed by atoms with Gasteiger partial charge in [-0.2, -0.15) is 4.98 Å². The van der Waals surface area contributed by atoms with E-state index in [1.807, 2.05) is 0 Å². The van der Waals surface area contributed by atoms with Crippen LogP contribution in [0.3, 0.4) is 0 Å². The molecule has 0 bridgehead atoms. The summed E-state index contributed by atoms with van der Waals surface area (Å²) in [6.45, 7) is 6.28. The van der Waals surface area contributed by atoms with Crippen LogP contribution in [0.1, 0.15) is 16.8 Å². The van der Waals surface area contributed by atoms with Crippen molar-refractivity contribution in [1.29, 1.82) is 0 Å². The maximum absolute atomic E-state index is 5.33. The molecule has 4 rings (SSSR count). The molecule has 0 radical (unpaired) electrons. The molecular formula is C19H25N5O. The number of methoxy groups -OCH3 is 1. The molecule has 2 aliphatic heterocycles. The molecule has 1 aromatic heterocycles. The highest BCUT2D eigenvalue weighted by Crippen LogP contribution is 2.24. The number of nitrogens with zero attached hydrogens (tertiary/aromatic N) is 4. The Labute approximate surface area is 148 Å². The Hall–Kier alpha value is -2.18. The number of hydrogen-bond acceptors (Lipinski definition) is 6. The summed E-state index contributed by atoms with van der Waals surface area (Å²) in [6, 6.07) is 10.7. The summed E-state index contributed by atoms with van der Waals surface area (Å²) in [5.74, 6) is 1.83. The second-order valence-corrected chi connectivity index (χ2v) is 6.63. The predicted molar refractivity (Wildman–Crippen MR) is 99.0 cm³/mol. The summed E-state index contributed by atoms with van der Waals surface area (Å²) in [5.41, 5.74) is 3.76. The third-order valence-electron chi connectivity index (χ3n) is 4.90. The zero-order valence-electron chi connectivity index (χ0n) is 14.7. The van der Waals surface area contributed by atoms with Gasteiger partial charge in [-0.25, -0.2) is 4.98 Å². The Morgan fingerprint density at radius 2 is 1.84 bits per heavy atom. The molecule has 25 heavy (non-hydrogen) atoms. The molecule has 0 atom stereocenters. The smallest absolute Gasteiger partial charge is 0.227 e. The van der Waals surface area contributed by atoms with Crippen molar-refractivity contribution >= 4 is 11.8 Å². The number of piperazine rings is 1. The van der Waals surface area contributed by atoms with Crippen molar-refractivity contribution < 1.29 is 4.74 Å². The molecular weight excluding hydrogens is 314 g/mol. The first-order valence-electron chi connectivity index (χ1n) is 8.98. The third-order valence-corrected chi connectivity index (χ3v) is 4.90. The van der Waals surface area contributed by atoms with Crippen LogP contribution in [0, 0.1) is 0 Å². The van der Waals surface area contributed by atoms with Gasteiger partial charge in [-0.15, -0.1) is 0 Å². The SMILES string of the molecule is COCc1cc(N2CCNCC2)nc(N2CCc3ccccc3C2)n1. The van der Waals surface area contributed by atoms with Gasteiger partial charge in [-0.05, 0) is 17.5 Å². The number of fused-ring (bicyclic) bond motifs is 1. The Morgan fingerprint density at radius 1 is 1.04 bits per heavy atom. The number of nitrogens with one attached hydrogen (secondary N) is 1. The van der Waals surface area contributed by atoms with Crippen LogP contribution in [-0.4, -0.2) is 49.8 Å². The van der Waals surface area contributed by atoms with Gasteiger partial charge in [0, 0.05) is 52.4 Å². The van der Waals surface area contributed by atoms with Gasteiger partial charge in [0.25, 0.3) is 0 Å². The molecule has 0 aliphatic carbocycles. The highest BCUT2D eigenvalue weighted by molar-refractivity contribution is 5.48. The van der Waals surface area contributed by atoms with Gasteiger partial charge in [0.2, 0.25) is 5.95 Å². The molecule has 2 aromatic rings. The van der Waals surface area contributed by atoms with Gasteiger partial charge >= 0.3 is 0 Å². The highest BCUT2D eigenvalue weighted by Gasteiger charge is 2.21. The first kappa shape index (κ1) is 16.3. The Bertz CT molecular complexity index is 730. The van der Waals surface area contributed by atoms with Crippen molar-refractivity contribution in [1.82, 2.24) is 15.3 Å². The quantitative estimate of drug-likeness (QED) is 0.913. The Kier molecular flexibility index (Phi) is 4.81. The lowest BCUT2D eigenvalue weighted by Gasteiger charge is -2.32. The van der Waals surface area contributed by atoms with E-state index in [0.717, 1.165) is 63.1 Å². The fourth-order valence-electron chi connectivity index (χ4n) is 3.56. The molecule has 0 spiro atoms. The van der Waals surface area contributed by atoms with E-state index in [4.69, 9.17) is 14.7 Å².